The van der Waals surface area contributed by atoms with Crippen molar-refractivity contribution in [3.05, 3.63) is 18.2 Å². The molecule has 1 saturated heterocycles. The molecular weight excluding hydrogens is 266 g/mol. The number of hydrogen-bond donors (Lipinski definition) is 1. The van der Waals surface area contributed by atoms with Gasteiger partial charge in [0, 0.05) is 24.0 Å². The van der Waals surface area contributed by atoms with Gasteiger partial charge in [-0.1, -0.05) is 12.5 Å². The van der Waals surface area contributed by atoms with Gasteiger partial charge in [0.2, 0.25) is 0 Å². The van der Waals surface area contributed by atoms with E-state index in [4.69, 9.17) is 14.2 Å². The Balaban J connectivity index is 1.45. The average Bonchev–Trinajstić information content (AvgIpc) is 2.88. The Morgan fingerprint density at radius 2 is 2.00 bits per heavy atom. The van der Waals surface area contributed by atoms with Gasteiger partial charge in [-0.05, 0) is 31.4 Å². The summed E-state index contributed by atoms with van der Waals surface area (Å²) >= 11 is 0. The molecule has 0 bridgehead atoms. The summed E-state index contributed by atoms with van der Waals surface area (Å²) in [4.78, 5) is 0. The molecule has 112 valence electrons. The maximum Gasteiger partial charge on any atom is 0.184 e. The molecule has 0 aromatic heterocycles. The van der Waals surface area contributed by atoms with E-state index >= 15 is 0 Å². The molecule has 0 radical (unpaired) electrons. The van der Waals surface area contributed by atoms with E-state index in [1.807, 2.05) is 12.1 Å². The van der Waals surface area contributed by atoms with E-state index in [0.717, 1.165) is 23.8 Å². The Labute approximate surface area is 124 Å². The van der Waals surface area contributed by atoms with E-state index in [9.17, 15) is 0 Å². The smallest absolute Gasteiger partial charge is 0.184 e. The summed E-state index contributed by atoms with van der Waals surface area (Å²) in [7, 11) is 0. The van der Waals surface area contributed by atoms with Crippen molar-refractivity contribution < 1.29 is 14.2 Å². The highest BCUT2D eigenvalue weighted by molar-refractivity contribution is 5.64. The van der Waals surface area contributed by atoms with Gasteiger partial charge in [0.25, 0.3) is 0 Å². The van der Waals surface area contributed by atoms with Crippen LogP contribution in [0.25, 0.3) is 0 Å². The molecule has 1 N–H and O–H groups in total. The van der Waals surface area contributed by atoms with Crippen LogP contribution in [0, 0.1) is 11.3 Å². The molecule has 1 aromatic rings. The molecule has 3 fully saturated rings. The zero-order valence-corrected chi connectivity index (χ0v) is 12.1. The summed E-state index contributed by atoms with van der Waals surface area (Å²) in [6.07, 6.45) is 5.64. The second-order valence-electron chi connectivity index (χ2n) is 6.78. The summed E-state index contributed by atoms with van der Waals surface area (Å²) in [6, 6.07) is 6.69. The van der Waals surface area contributed by atoms with Crippen molar-refractivity contribution in [2.45, 2.75) is 37.8 Å². The van der Waals surface area contributed by atoms with Gasteiger partial charge in [-0.15, -0.1) is 0 Å². The second kappa shape index (κ2) is 4.29. The standard InChI is InChI=1S/C17H21NO3/c1-3-12(14-13(4-1)19-9-10-20-14)18-15-11-5-8-21-16(11)17(15)6-2-7-17/h1,3-4,11,15-16,18H,2,5-10H2/t11-,15-,16+/m1/s1. The molecule has 2 aliphatic carbocycles. The van der Waals surface area contributed by atoms with E-state index in [0.29, 0.717) is 36.7 Å². The summed E-state index contributed by atoms with van der Waals surface area (Å²) in [6.45, 7) is 2.21. The van der Waals surface area contributed by atoms with E-state index in [2.05, 4.69) is 11.4 Å². The predicted molar refractivity (Wildman–Crippen MR) is 79.0 cm³/mol. The Morgan fingerprint density at radius 3 is 2.86 bits per heavy atom. The average molecular weight is 287 g/mol. The van der Waals surface area contributed by atoms with Crippen LogP contribution in [0.4, 0.5) is 5.69 Å². The van der Waals surface area contributed by atoms with Gasteiger partial charge in [-0.25, -0.2) is 0 Å². The maximum atomic E-state index is 5.99. The number of anilines is 1. The fourth-order valence-corrected chi connectivity index (χ4v) is 4.81. The molecule has 0 unspecified atom stereocenters. The van der Waals surface area contributed by atoms with Gasteiger partial charge < -0.3 is 19.5 Å². The molecule has 1 aromatic carbocycles. The molecule has 4 heteroatoms. The van der Waals surface area contributed by atoms with Crippen molar-refractivity contribution in [3.8, 4) is 11.5 Å². The fraction of sp³-hybridized carbons (Fsp3) is 0.647. The molecule has 2 aliphatic heterocycles. The Morgan fingerprint density at radius 1 is 1.10 bits per heavy atom. The second-order valence-corrected chi connectivity index (χ2v) is 6.78. The first-order valence-electron chi connectivity index (χ1n) is 8.15. The lowest BCUT2D eigenvalue weighted by atomic mass is 9.46. The zero-order chi connectivity index (χ0) is 13.9. The van der Waals surface area contributed by atoms with Crippen LogP contribution in [0.5, 0.6) is 11.5 Å². The molecular formula is C17H21NO3. The topological polar surface area (TPSA) is 39.7 Å². The maximum absolute atomic E-state index is 5.99. The summed E-state index contributed by atoms with van der Waals surface area (Å²) in [5.74, 6) is 2.43. The normalized spacial score (nSPS) is 34.8. The first-order valence-corrected chi connectivity index (χ1v) is 8.15. The predicted octanol–water partition coefficient (Wildman–Crippen LogP) is 2.83. The molecule has 5 rings (SSSR count). The highest BCUT2D eigenvalue weighted by atomic mass is 16.6. The van der Waals surface area contributed by atoms with Gasteiger partial charge in [0.1, 0.15) is 13.2 Å². The third-order valence-corrected chi connectivity index (χ3v) is 5.91. The van der Waals surface area contributed by atoms with Crippen molar-refractivity contribution >= 4 is 5.69 Å². The van der Waals surface area contributed by atoms with Crippen LogP contribution in [-0.4, -0.2) is 32.0 Å². The number of hydrogen-bond acceptors (Lipinski definition) is 4. The minimum absolute atomic E-state index is 0.388. The first-order chi connectivity index (χ1) is 10.4. The molecule has 3 atom stereocenters. The third kappa shape index (κ3) is 1.54. The summed E-state index contributed by atoms with van der Waals surface area (Å²) in [5, 5.41) is 3.79. The molecule has 2 saturated carbocycles. The lowest BCUT2D eigenvalue weighted by Gasteiger charge is -2.63. The number of rotatable bonds is 2. The number of para-hydroxylation sites is 1. The highest BCUT2D eigenvalue weighted by Gasteiger charge is 2.66. The van der Waals surface area contributed by atoms with Gasteiger partial charge in [-0.2, -0.15) is 0 Å². The number of fused-ring (bicyclic) bond motifs is 3. The van der Waals surface area contributed by atoms with Crippen molar-refractivity contribution in [3.63, 3.8) is 0 Å². The quantitative estimate of drug-likeness (QED) is 0.908. The Hall–Kier alpha value is -1.42. The monoisotopic (exact) mass is 287 g/mol. The van der Waals surface area contributed by atoms with Gasteiger partial charge in [0.15, 0.2) is 11.5 Å². The molecule has 4 nitrogen and oxygen atoms in total. The number of ether oxygens (including phenoxy) is 3. The lowest BCUT2D eigenvalue weighted by molar-refractivity contribution is -0.158. The lowest BCUT2D eigenvalue weighted by Crippen LogP contribution is -2.68. The molecule has 21 heavy (non-hydrogen) atoms. The molecule has 1 spiro atoms. The van der Waals surface area contributed by atoms with Crippen LogP contribution in [0.15, 0.2) is 18.2 Å². The van der Waals surface area contributed by atoms with E-state index in [-0.39, 0.29) is 0 Å². The highest BCUT2D eigenvalue weighted by Crippen LogP contribution is 2.63. The largest absolute Gasteiger partial charge is 0.486 e. The van der Waals surface area contributed by atoms with Gasteiger partial charge >= 0.3 is 0 Å². The van der Waals surface area contributed by atoms with Crippen LogP contribution < -0.4 is 14.8 Å². The zero-order valence-electron chi connectivity index (χ0n) is 12.1. The van der Waals surface area contributed by atoms with Crippen LogP contribution in [0.3, 0.4) is 0 Å². The Bertz CT molecular complexity index is 569. The number of benzene rings is 1. The fourth-order valence-electron chi connectivity index (χ4n) is 4.81. The van der Waals surface area contributed by atoms with E-state index in [1.54, 1.807) is 0 Å². The first kappa shape index (κ1) is 12.2. The molecule has 2 heterocycles. The van der Waals surface area contributed by atoms with E-state index in [1.165, 1.54) is 25.7 Å². The van der Waals surface area contributed by atoms with Gasteiger partial charge in [-0.3, -0.25) is 0 Å². The van der Waals surface area contributed by atoms with Crippen LogP contribution in [0.1, 0.15) is 25.7 Å². The van der Waals surface area contributed by atoms with Crippen molar-refractivity contribution in [1.29, 1.82) is 0 Å². The Kier molecular flexibility index (Phi) is 2.48. The SMILES string of the molecule is c1cc(N[C@@H]2[C@H]3CCO[C@@H]3C23CCC3)c2c(c1)OCCO2. The number of nitrogens with one attached hydrogen (secondary N) is 1. The van der Waals surface area contributed by atoms with Crippen LogP contribution in [-0.2, 0) is 4.74 Å². The van der Waals surface area contributed by atoms with E-state index < -0.39 is 0 Å². The summed E-state index contributed by atoms with van der Waals surface area (Å²) in [5.41, 5.74) is 1.48. The van der Waals surface area contributed by atoms with Crippen molar-refractivity contribution in [1.82, 2.24) is 0 Å². The molecule has 0 amide bonds. The van der Waals surface area contributed by atoms with Gasteiger partial charge in [0.05, 0.1) is 11.8 Å². The minimum atomic E-state index is 0.388. The third-order valence-electron chi connectivity index (χ3n) is 5.91. The van der Waals surface area contributed by atoms with Crippen LogP contribution in [0.2, 0.25) is 0 Å². The minimum Gasteiger partial charge on any atom is -0.486 e. The molecule has 4 aliphatic rings. The van der Waals surface area contributed by atoms with Crippen molar-refractivity contribution in [2.24, 2.45) is 11.3 Å². The summed E-state index contributed by atoms with van der Waals surface area (Å²) < 4.78 is 17.5. The van der Waals surface area contributed by atoms with Crippen LogP contribution >= 0.6 is 0 Å². The van der Waals surface area contributed by atoms with Crippen molar-refractivity contribution in [2.75, 3.05) is 25.1 Å².